The van der Waals surface area contributed by atoms with Gasteiger partial charge in [0, 0.05) is 0 Å². The van der Waals surface area contributed by atoms with Crippen LogP contribution < -0.4 is 0 Å². The predicted octanol–water partition coefficient (Wildman–Crippen LogP) is 4.94. The number of hydrogen-bond acceptors (Lipinski definition) is 5. The Bertz CT molecular complexity index is 769. The Morgan fingerprint density at radius 3 is 2.20 bits per heavy atom. The first-order valence-electron chi connectivity index (χ1n) is 10.8. The van der Waals surface area contributed by atoms with Gasteiger partial charge in [0.2, 0.25) is 0 Å². The topological polar surface area (TPSA) is 61.8 Å². The van der Waals surface area contributed by atoms with Crippen molar-refractivity contribution in [2.45, 2.75) is 51.2 Å². The molecular formula is C25H30O5. The van der Waals surface area contributed by atoms with Crippen molar-refractivity contribution in [3.8, 4) is 0 Å². The number of ether oxygens (including phenoxy) is 3. The van der Waals surface area contributed by atoms with Crippen molar-refractivity contribution in [2.75, 3.05) is 13.2 Å². The van der Waals surface area contributed by atoms with Crippen molar-refractivity contribution < 1.29 is 23.8 Å². The normalized spacial score (nSPS) is 15.3. The molecule has 2 aromatic carbocycles. The average molecular weight is 411 g/mol. The lowest BCUT2D eigenvalue weighted by atomic mass is 9.85. The van der Waals surface area contributed by atoms with E-state index in [4.69, 9.17) is 14.2 Å². The number of hydrogen-bond donors (Lipinski definition) is 0. The molecule has 1 aliphatic rings. The summed E-state index contributed by atoms with van der Waals surface area (Å²) in [6.45, 7) is 0.491. The molecule has 0 bridgehead atoms. The summed E-state index contributed by atoms with van der Waals surface area (Å²) in [5, 5.41) is 0. The molecule has 1 fully saturated rings. The maximum absolute atomic E-state index is 12.7. The van der Waals surface area contributed by atoms with Gasteiger partial charge in [-0.1, -0.05) is 80.6 Å². The van der Waals surface area contributed by atoms with E-state index in [1.54, 1.807) is 24.3 Å². The Morgan fingerprint density at radius 1 is 0.833 bits per heavy atom. The maximum Gasteiger partial charge on any atom is 0.338 e. The second-order valence-corrected chi connectivity index (χ2v) is 7.69. The van der Waals surface area contributed by atoms with E-state index in [1.165, 1.54) is 19.3 Å². The van der Waals surface area contributed by atoms with Crippen molar-refractivity contribution in [1.29, 1.82) is 0 Å². The van der Waals surface area contributed by atoms with Crippen LogP contribution in [0.15, 0.2) is 60.7 Å². The van der Waals surface area contributed by atoms with Gasteiger partial charge in [-0.25, -0.2) is 9.59 Å². The SMILES string of the molecule is O=C(OCCO[C@@H](CC1CCCCC1)C(=O)OCc1ccccc1)c1ccccc1. The molecule has 5 nitrogen and oxygen atoms in total. The minimum Gasteiger partial charge on any atom is -0.460 e. The van der Waals surface area contributed by atoms with E-state index in [-0.39, 0.29) is 25.8 Å². The number of carbonyl (C=O) groups excluding carboxylic acids is 2. The second-order valence-electron chi connectivity index (χ2n) is 7.69. The van der Waals surface area contributed by atoms with Crippen LogP contribution in [0.2, 0.25) is 0 Å². The fraction of sp³-hybridized carbons (Fsp3) is 0.440. The minimum atomic E-state index is -0.632. The van der Waals surface area contributed by atoms with E-state index in [2.05, 4.69) is 0 Å². The largest absolute Gasteiger partial charge is 0.460 e. The highest BCUT2D eigenvalue weighted by molar-refractivity contribution is 5.89. The summed E-state index contributed by atoms with van der Waals surface area (Å²) < 4.78 is 16.6. The first kappa shape index (κ1) is 22.0. The van der Waals surface area contributed by atoms with Gasteiger partial charge in [-0.3, -0.25) is 0 Å². The molecule has 30 heavy (non-hydrogen) atoms. The molecular weight excluding hydrogens is 380 g/mol. The Labute approximate surface area is 178 Å². The first-order chi connectivity index (χ1) is 14.7. The standard InChI is InChI=1S/C25H30O5/c26-24(22-14-8-3-9-15-22)29-17-16-28-23(18-20-10-4-1-5-11-20)25(27)30-19-21-12-6-2-7-13-21/h2-3,6-9,12-15,20,23H,1,4-5,10-11,16-19H2/t23-/m0/s1. The van der Waals surface area contributed by atoms with Crippen molar-refractivity contribution in [1.82, 2.24) is 0 Å². The number of esters is 2. The van der Waals surface area contributed by atoms with Gasteiger partial charge in [0.15, 0.2) is 6.10 Å². The molecule has 0 heterocycles. The van der Waals surface area contributed by atoms with Crippen LogP contribution in [-0.2, 0) is 25.6 Å². The van der Waals surface area contributed by atoms with Gasteiger partial charge in [-0.15, -0.1) is 0 Å². The molecule has 0 unspecified atom stereocenters. The zero-order valence-electron chi connectivity index (χ0n) is 17.3. The van der Waals surface area contributed by atoms with Crippen LogP contribution >= 0.6 is 0 Å². The van der Waals surface area contributed by atoms with Crippen molar-refractivity contribution in [3.05, 3.63) is 71.8 Å². The monoisotopic (exact) mass is 410 g/mol. The highest BCUT2D eigenvalue weighted by atomic mass is 16.6. The van der Waals surface area contributed by atoms with Gasteiger partial charge < -0.3 is 14.2 Å². The van der Waals surface area contributed by atoms with Gasteiger partial charge in [0.1, 0.15) is 13.2 Å². The minimum absolute atomic E-state index is 0.0981. The molecule has 1 saturated carbocycles. The van der Waals surface area contributed by atoms with E-state index in [1.807, 2.05) is 36.4 Å². The molecule has 1 aliphatic carbocycles. The van der Waals surface area contributed by atoms with Crippen LogP contribution in [0.5, 0.6) is 0 Å². The smallest absolute Gasteiger partial charge is 0.338 e. The quantitative estimate of drug-likeness (QED) is 0.410. The van der Waals surface area contributed by atoms with Gasteiger partial charge in [-0.2, -0.15) is 0 Å². The molecule has 0 aliphatic heterocycles. The summed E-state index contributed by atoms with van der Waals surface area (Å²) in [5.41, 5.74) is 1.44. The third-order valence-corrected chi connectivity index (χ3v) is 5.40. The van der Waals surface area contributed by atoms with E-state index in [0.717, 1.165) is 18.4 Å². The summed E-state index contributed by atoms with van der Waals surface area (Å²) >= 11 is 0. The van der Waals surface area contributed by atoms with Crippen molar-refractivity contribution in [3.63, 3.8) is 0 Å². The predicted molar refractivity (Wildman–Crippen MR) is 114 cm³/mol. The van der Waals surface area contributed by atoms with E-state index < -0.39 is 12.1 Å². The molecule has 5 heteroatoms. The van der Waals surface area contributed by atoms with Crippen molar-refractivity contribution >= 4 is 11.9 Å². The molecule has 0 radical (unpaired) electrons. The third-order valence-electron chi connectivity index (χ3n) is 5.40. The summed E-state index contributed by atoms with van der Waals surface area (Å²) in [6.07, 6.45) is 5.92. The maximum atomic E-state index is 12.7. The molecule has 160 valence electrons. The lowest BCUT2D eigenvalue weighted by Gasteiger charge is -2.25. The fourth-order valence-electron chi connectivity index (χ4n) is 3.76. The third kappa shape index (κ3) is 7.30. The lowest BCUT2D eigenvalue weighted by Crippen LogP contribution is -2.31. The molecule has 0 amide bonds. The van der Waals surface area contributed by atoms with E-state index in [0.29, 0.717) is 17.9 Å². The Morgan fingerprint density at radius 2 is 1.50 bits per heavy atom. The van der Waals surface area contributed by atoms with Crippen LogP contribution in [-0.4, -0.2) is 31.3 Å². The van der Waals surface area contributed by atoms with Gasteiger partial charge in [0.05, 0.1) is 12.2 Å². The molecule has 0 aromatic heterocycles. The second kappa shape index (κ2) is 12.1. The molecule has 2 aromatic rings. The van der Waals surface area contributed by atoms with Crippen molar-refractivity contribution in [2.24, 2.45) is 5.92 Å². The first-order valence-corrected chi connectivity index (χ1v) is 10.8. The van der Waals surface area contributed by atoms with Crippen LogP contribution in [0.4, 0.5) is 0 Å². The van der Waals surface area contributed by atoms with Crippen LogP contribution in [0, 0.1) is 5.92 Å². The number of carbonyl (C=O) groups is 2. The van der Waals surface area contributed by atoms with E-state index >= 15 is 0 Å². The zero-order valence-corrected chi connectivity index (χ0v) is 17.3. The summed E-state index contributed by atoms with van der Waals surface area (Å²) in [7, 11) is 0. The summed E-state index contributed by atoms with van der Waals surface area (Å²) in [5.74, 6) is -0.270. The highest BCUT2D eigenvalue weighted by Gasteiger charge is 2.26. The average Bonchev–Trinajstić information content (AvgIpc) is 2.81. The van der Waals surface area contributed by atoms with Crippen LogP contribution in [0.25, 0.3) is 0 Å². The Hall–Kier alpha value is -2.66. The fourth-order valence-corrected chi connectivity index (χ4v) is 3.76. The van der Waals surface area contributed by atoms with E-state index in [9.17, 15) is 9.59 Å². The Kier molecular flexibility index (Phi) is 8.91. The Balaban J connectivity index is 1.48. The zero-order chi connectivity index (χ0) is 21.0. The molecule has 0 saturated heterocycles. The summed E-state index contributed by atoms with van der Waals surface area (Å²) in [4.78, 5) is 24.7. The summed E-state index contributed by atoms with van der Waals surface area (Å²) in [6, 6.07) is 18.4. The van der Waals surface area contributed by atoms with Crippen LogP contribution in [0.1, 0.15) is 54.4 Å². The highest BCUT2D eigenvalue weighted by Crippen LogP contribution is 2.28. The van der Waals surface area contributed by atoms with Gasteiger partial charge in [-0.05, 0) is 30.0 Å². The van der Waals surface area contributed by atoms with Gasteiger partial charge in [0.25, 0.3) is 0 Å². The van der Waals surface area contributed by atoms with Crippen LogP contribution in [0.3, 0.4) is 0 Å². The number of rotatable bonds is 10. The lowest BCUT2D eigenvalue weighted by molar-refractivity contribution is -0.160. The molecule has 0 spiro atoms. The molecule has 3 rings (SSSR count). The number of benzene rings is 2. The molecule has 0 N–H and O–H groups in total. The molecule has 1 atom stereocenters. The van der Waals surface area contributed by atoms with Gasteiger partial charge >= 0.3 is 11.9 Å².